The molecule has 1 aromatic heterocycles. The Hall–Kier alpha value is -3.17. The zero-order valence-electron chi connectivity index (χ0n) is 14.1. The number of hydrogen-bond acceptors (Lipinski definition) is 6. The molecule has 2 heterocycles. The second-order valence-electron chi connectivity index (χ2n) is 6.24. The summed E-state index contributed by atoms with van der Waals surface area (Å²) in [5, 5.41) is 13.7. The minimum absolute atomic E-state index is 0.121. The molecule has 0 saturated carbocycles. The van der Waals surface area contributed by atoms with Crippen LogP contribution in [0.25, 0.3) is 11.1 Å². The molecule has 1 aliphatic heterocycles. The Morgan fingerprint density at radius 3 is 2.88 bits per heavy atom. The number of carbonyl (C=O) groups is 2. The lowest BCUT2D eigenvalue weighted by molar-refractivity contribution is -0.384. The molecule has 1 aromatic carbocycles. The van der Waals surface area contributed by atoms with E-state index in [0.29, 0.717) is 13.1 Å². The number of carbonyl (C=O) groups excluding carboxylic acids is 2. The van der Waals surface area contributed by atoms with Gasteiger partial charge < -0.3 is 14.6 Å². The van der Waals surface area contributed by atoms with E-state index in [2.05, 4.69) is 5.32 Å². The lowest BCUT2D eigenvalue weighted by Crippen LogP contribution is -2.50. The quantitative estimate of drug-likeness (QED) is 0.627. The maximum atomic E-state index is 12.6. The number of likely N-dealkylation sites (tertiary alicyclic amines) is 1. The van der Waals surface area contributed by atoms with Crippen LogP contribution in [0.1, 0.15) is 19.8 Å². The third-order valence-electron chi connectivity index (χ3n) is 4.34. The van der Waals surface area contributed by atoms with Gasteiger partial charge in [-0.3, -0.25) is 24.3 Å². The third kappa shape index (κ3) is 3.58. The first-order valence-corrected chi connectivity index (χ1v) is 8.18. The number of hydrogen-bond donors (Lipinski definition) is 1. The van der Waals surface area contributed by atoms with Crippen molar-refractivity contribution in [3.63, 3.8) is 0 Å². The molecule has 1 atom stereocenters. The van der Waals surface area contributed by atoms with Crippen LogP contribution in [-0.4, -0.2) is 45.3 Å². The molecule has 138 valence electrons. The SMILES string of the molecule is CC(=O)NC1CCCN(C(=O)Cn2c(=O)oc3ccc([N+](=O)[O-])cc32)C1. The van der Waals surface area contributed by atoms with Gasteiger partial charge in [-0.25, -0.2) is 4.79 Å². The van der Waals surface area contributed by atoms with Crippen molar-refractivity contribution in [2.75, 3.05) is 13.1 Å². The number of nitro groups is 1. The van der Waals surface area contributed by atoms with Crippen molar-refractivity contribution in [3.05, 3.63) is 38.9 Å². The maximum Gasteiger partial charge on any atom is 0.420 e. The Morgan fingerprint density at radius 1 is 1.42 bits per heavy atom. The number of nitrogens with one attached hydrogen (secondary N) is 1. The number of oxazole rings is 1. The number of fused-ring (bicyclic) bond motifs is 1. The summed E-state index contributed by atoms with van der Waals surface area (Å²) in [4.78, 5) is 47.8. The Balaban J connectivity index is 1.81. The average molecular weight is 362 g/mol. The lowest BCUT2D eigenvalue weighted by Gasteiger charge is -2.33. The van der Waals surface area contributed by atoms with E-state index in [1.54, 1.807) is 4.90 Å². The van der Waals surface area contributed by atoms with Gasteiger partial charge in [0, 0.05) is 38.2 Å². The molecule has 10 nitrogen and oxygen atoms in total. The van der Waals surface area contributed by atoms with Gasteiger partial charge in [0.05, 0.1) is 10.4 Å². The predicted molar refractivity (Wildman–Crippen MR) is 90.5 cm³/mol. The summed E-state index contributed by atoms with van der Waals surface area (Å²) in [6, 6.07) is 3.66. The van der Waals surface area contributed by atoms with Crippen molar-refractivity contribution in [2.24, 2.45) is 0 Å². The molecule has 1 fully saturated rings. The van der Waals surface area contributed by atoms with Crippen LogP contribution in [0.2, 0.25) is 0 Å². The number of aromatic nitrogens is 1. The van der Waals surface area contributed by atoms with Gasteiger partial charge in [0.2, 0.25) is 11.8 Å². The normalized spacial score (nSPS) is 17.3. The molecule has 2 aromatic rings. The molecule has 0 spiro atoms. The summed E-state index contributed by atoms with van der Waals surface area (Å²) in [7, 11) is 0. The topological polar surface area (TPSA) is 128 Å². The van der Waals surface area contributed by atoms with E-state index in [9.17, 15) is 24.5 Å². The van der Waals surface area contributed by atoms with Gasteiger partial charge >= 0.3 is 5.76 Å². The summed E-state index contributed by atoms with van der Waals surface area (Å²) < 4.78 is 6.14. The minimum atomic E-state index is -0.746. The maximum absolute atomic E-state index is 12.6. The van der Waals surface area contributed by atoms with E-state index in [1.165, 1.54) is 25.1 Å². The Morgan fingerprint density at radius 2 is 2.19 bits per heavy atom. The Bertz CT molecular complexity index is 930. The van der Waals surface area contributed by atoms with Crippen LogP contribution in [0.4, 0.5) is 5.69 Å². The minimum Gasteiger partial charge on any atom is -0.408 e. The van der Waals surface area contributed by atoms with Gasteiger partial charge in [0.15, 0.2) is 5.58 Å². The second kappa shape index (κ2) is 6.98. The molecule has 0 aliphatic carbocycles. The highest BCUT2D eigenvalue weighted by atomic mass is 16.6. The van der Waals surface area contributed by atoms with Gasteiger partial charge in [-0.1, -0.05) is 0 Å². The molecule has 26 heavy (non-hydrogen) atoms. The molecular weight excluding hydrogens is 344 g/mol. The average Bonchev–Trinajstić information content (AvgIpc) is 2.89. The predicted octanol–water partition coefficient (Wildman–Crippen LogP) is 0.630. The van der Waals surface area contributed by atoms with Gasteiger partial charge in [0.25, 0.3) is 5.69 Å². The van der Waals surface area contributed by atoms with E-state index in [0.717, 1.165) is 17.4 Å². The van der Waals surface area contributed by atoms with Crippen LogP contribution in [0.3, 0.4) is 0 Å². The number of nitro benzene ring substituents is 1. The molecule has 0 radical (unpaired) electrons. The number of non-ortho nitro benzene ring substituents is 1. The zero-order valence-corrected chi connectivity index (χ0v) is 14.1. The van der Waals surface area contributed by atoms with Gasteiger partial charge in [-0.15, -0.1) is 0 Å². The largest absolute Gasteiger partial charge is 0.420 e. The molecule has 10 heteroatoms. The molecule has 1 unspecified atom stereocenters. The highest BCUT2D eigenvalue weighted by molar-refractivity contribution is 5.81. The third-order valence-corrected chi connectivity index (χ3v) is 4.34. The van der Waals surface area contributed by atoms with E-state index >= 15 is 0 Å². The van der Waals surface area contributed by atoms with E-state index in [1.807, 2.05) is 0 Å². The second-order valence-corrected chi connectivity index (χ2v) is 6.24. The summed E-state index contributed by atoms with van der Waals surface area (Å²) in [6.07, 6.45) is 1.52. The Kier molecular flexibility index (Phi) is 4.74. The van der Waals surface area contributed by atoms with Crippen molar-refractivity contribution in [1.29, 1.82) is 0 Å². The fourth-order valence-corrected chi connectivity index (χ4v) is 3.16. The first-order valence-electron chi connectivity index (χ1n) is 8.18. The number of piperidine rings is 1. The highest BCUT2D eigenvalue weighted by Gasteiger charge is 2.25. The van der Waals surface area contributed by atoms with Crippen molar-refractivity contribution >= 4 is 28.6 Å². The first kappa shape index (κ1) is 17.6. The molecule has 1 N–H and O–H groups in total. The fourth-order valence-electron chi connectivity index (χ4n) is 3.16. The number of amides is 2. The number of nitrogens with zero attached hydrogens (tertiary/aromatic N) is 3. The fraction of sp³-hybridized carbons (Fsp3) is 0.438. The van der Waals surface area contributed by atoms with Crippen LogP contribution in [0.15, 0.2) is 27.4 Å². The van der Waals surface area contributed by atoms with Crippen molar-refractivity contribution < 1.29 is 18.9 Å². The monoisotopic (exact) mass is 362 g/mol. The van der Waals surface area contributed by atoms with Crippen LogP contribution < -0.4 is 11.1 Å². The summed E-state index contributed by atoms with van der Waals surface area (Å²) in [5.74, 6) is -1.21. The van der Waals surface area contributed by atoms with E-state index in [4.69, 9.17) is 4.42 Å². The van der Waals surface area contributed by atoms with Crippen molar-refractivity contribution in [2.45, 2.75) is 32.4 Å². The molecule has 3 rings (SSSR count). The molecule has 1 saturated heterocycles. The van der Waals surface area contributed by atoms with E-state index in [-0.39, 0.29) is 41.2 Å². The lowest BCUT2D eigenvalue weighted by atomic mass is 10.1. The zero-order chi connectivity index (χ0) is 18.8. The van der Waals surface area contributed by atoms with E-state index < -0.39 is 10.7 Å². The first-order chi connectivity index (χ1) is 12.3. The molecule has 0 bridgehead atoms. The van der Waals surface area contributed by atoms with Crippen molar-refractivity contribution in [3.8, 4) is 0 Å². The van der Waals surface area contributed by atoms with Crippen LogP contribution in [0, 0.1) is 10.1 Å². The van der Waals surface area contributed by atoms with Gasteiger partial charge in [-0.2, -0.15) is 0 Å². The van der Waals surface area contributed by atoms with Crippen molar-refractivity contribution in [1.82, 2.24) is 14.8 Å². The molecule has 2 amide bonds. The smallest absolute Gasteiger partial charge is 0.408 e. The summed E-state index contributed by atoms with van der Waals surface area (Å²) >= 11 is 0. The van der Waals surface area contributed by atoms with Crippen LogP contribution in [-0.2, 0) is 16.1 Å². The van der Waals surface area contributed by atoms with Gasteiger partial charge in [-0.05, 0) is 18.9 Å². The highest BCUT2D eigenvalue weighted by Crippen LogP contribution is 2.20. The Labute approximate surface area is 147 Å². The van der Waals surface area contributed by atoms with Crippen LogP contribution >= 0.6 is 0 Å². The summed E-state index contributed by atoms with van der Waals surface area (Å²) in [5.41, 5.74) is 0.194. The summed E-state index contributed by atoms with van der Waals surface area (Å²) in [6.45, 7) is 2.04. The van der Waals surface area contributed by atoms with Crippen LogP contribution in [0.5, 0.6) is 0 Å². The standard InChI is InChI=1S/C16H18N4O6/c1-10(21)17-11-3-2-6-18(8-11)15(22)9-19-13-7-12(20(24)25)4-5-14(13)26-16(19)23/h4-5,7,11H,2-3,6,8-9H2,1H3,(H,17,21). The number of benzene rings is 1. The molecule has 1 aliphatic rings. The number of rotatable bonds is 4. The van der Waals surface area contributed by atoms with Gasteiger partial charge in [0.1, 0.15) is 6.54 Å². The molecular formula is C16H18N4O6.